The van der Waals surface area contributed by atoms with Crippen LogP contribution < -0.4 is 0 Å². The zero-order valence-electron chi connectivity index (χ0n) is 15.6. The van der Waals surface area contributed by atoms with Gasteiger partial charge in [0.15, 0.2) is 9.84 Å². The summed E-state index contributed by atoms with van der Waals surface area (Å²) in [7, 11) is -3.34. The Morgan fingerprint density at radius 1 is 1.00 bits per heavy atom. The molecule has 0 saturated carbocycles. The van der Waals surface area contributed by atoms with E-state index >= 15 is 0 Å². The lowest BCUT2D eigenvalue weighted by atomic mass is 9.84. The minimum atomic E-state index is -3.34. The van der Waals surface area contributed by atoms with Crippen molar-refractivity contribution in [2.75, 3.05) is 0 Å². The maximum Gasteiger partial charge on any atom is 0.209 e. The van der Waals surface area contributed by atoms with Crippen LogP contribution in [0.25, 0.3) is 0 Å². The van der Waals surface area contributed by atoms with Crippen molar-refractivity contribution < 1.29 is 12.8 Å². The van der Waals surface area contributed by atoms with Crippen LogP contribution in [0.3, 0.4) is 0 Å². The highest BCUT2D eigenvalue weighted by Crippen LogP contribution is 2.28. The number of hydrogen-bond acceptors (Lipinski definition) is 4. The molecule has 0 radical (unpaired) electrons. The molecule has 0 saturated heterocycles. The number of benzene rings is 1. The Bertz CT molecular complexity index is 813. The fourth-order valence-electron chi connectivity index (χ4n) is 2.71. The Balaban J connectivity index is 2.29. The third-order valence-corrected chi connectivity index (χ3v) is 5.76. The van der Waals surface area contributed by atoms with E-state index in [1.54, 1.807) is 6.92 Å². The molecule has 132 valence electrons. The summed E-state index contributed by atoms with van der Waals surface area (Å²) < 4.78 is 30.6. The fourth-order valence-corrected chi connectivity index (χ4v) is 4.21. The van der Waals surface area contributed by atoms with Crippen molar-refractivity contribution >= 4 is 9.84 Å². The Hall–Kier alpha value is -1.62. The molecular formula is C19H27NO3S. The lowest BCUT2D eigenvalue weighted by molar-refractivity contribution is 0.483. The average molecular weight is 349 g/mol. The van der Waals surface area contributed by atoms with Gasteiger partial charge < -0.3 is 4.42 Å². The predicted octanol–water partition coefficient (Wildman–Crippen LogP) is 4.32. The molecule has 1 aromatic heterocycles. The molecule has 1 heterocycles. The van der Waals surface area contributed by atoms with E-state index in [2.05, 4.69) is 37.9 Å². The molecule has 2 rings (SSSR count). The van der Waals surface area contributed by atoms with E-state index in [0.29, 0.717) is 5.76 Å². The number of hydrogen-bond donors (Lipinski definition) is 0. The van der Waals surface area contributed by atoms with E-state index in [1.165, 1.54) is 5.56 Å². The summed E-state index contributed by atoms with van der Waals surface area (Å²) in [4.78, 5) is 4.18. The topological polar surface area (TPSA) is 60.2 Å². The molecule has 1 aromatic carbocycles. The first-order valence-corrected chi connectivity index (χ1v) is 9.95. The van der Waals surface area contributed by atoms with Crippen LogP contribution in [0.4, 0.5) is 0 Å². The van der Waals surface area contributed by atoms with Crippen molar-refractivity contribution in [2.45, 2.75) is 65.4 Å². The zero-order chi connectivity index (χ0) is 18.3. The molecule has 0 aliphatic rings. The molecule has 5 heteroatoms. The average Bonchev–Trinajstić information content (AvgIpc) is 2.70. The number of aromatic nitrogens is 1. The second kappa shape index (κ2) is 6.36. The second-order valence-electron chi connectivity index (χ2n) is 7.62. The molecule has 0 bridgehead atoms. The van der Waals surface area contributed by atoms with E-state index in [-0.39, 0.29) is 22.8 Å². The smallest absolute Gasteiger partial charge is 0.209 e. The lowest BCUT2D eigenvalue weighted by Gasteiger charge is -2.22. The first-order valence-electron chi connectivity index (χ1n) is 8.13. The Morgan fingerprint density at radius 2 is 1.54 bits per heavy atom. The van der Waals surface area contributed by atoms with Gasteiger partial charge in [-0.2, -0.15) is 0 Å². The van der Waals surface area contributed by atoms with Gasteiger partial charge in [0.2, 0.25) is 5.89 Å². The van der Waals surface area contributed by atoms with Crippen LogP contribution >= 0.6 is 0 Å². The molecule has 0 aliphatic carbocycles. The maximum absolute atomic E-state index is 12.6. The number of rotatable bonds is 4. The van der Waals surface area contributed by atoms with Gasteiger partial charge in [0, 0.05) is 0 Å². The Kier molecular flexibility index (Phi) is 4.96. The van der Waals surface area contributed by atoms with Crippen LogP contribution in [0.2, 0.25) is 0 Å². The van der Waals surface area contributed by atoms with Gasteiger partial charge >= 0.3 is 0 Å². The Morgan fingerprint density at radius 3 is 1.96 bits per heavy atom. The second-order valence-corrected chi connectivity index (χ2v) is 9.68. The van der Waals surface area contributed by atoms with Crippen LogP contribution in [-0.2, 0) is 26.8 Å². The van der Waals surface area contributed by atoms with E-state index in [9.17, 15) is 8.42 Å². The highest BCUT2D eigenvalue weighted by atomic mass is 32.2. The largest absolute Gasteiger partial charge is 0.445 e. The van der Waals surface area contributed by atoms with Crippen LogP contribution in [0.1, 0.15) is 60.4 Å². The minimum Gasteiger partial charge on any atom is -0.445 e. The van der Waals surface area contributed by atoms with Gasteiger partial charge in [-0.1, -0.05) is 32.9 Å². The number of oxazole rings is 1. The van der Waals surface area contributed by atoms with Crippen LogP contribution in [0.15, 0.2) is 16.5 Å². The van der Waals surface area contributed by atoms with Gasteiger partial charge in [-0.05, 0) is 55.4 Å². The number of nitrogens with zero attached hydrogens (tertiary/aromatic N) is 1. The van der Waals surface area contributed by atoms with E-state index in [0.717, 1.165) is 22.4 Å². The molecule has 0 fully saturated rings. The number of sulfone groups is 1. The summed E-state index contributed by atoms with van der Waals surface area (Å²) in [5.74, 6) is 0.783. The van der Waals surface area contributed by atoms with Crippen molar-refractivity contribution in [3.63, 3.8) is 0 Å². The van der Waals surface area contributed by atoms with Gasteiger partial charge in [0.25, 0.3) is 0 Å². The first-order chi connectivity index (χ1) is 10.9. The molecule has 0 N–H and O–H groups in total. The third kappa shape index (κ3) is 4.26. The van der Waals surface area contributed by atoms with Crippen LogP contribution in [-0.4, -0.2) is 13.4 Å². The highest BCUT2D eigenvalue weighted by molar-refractivity contribution is 7.89. The van der Waals surface area contributed by atoms with Crippen molar-refractivity contribution in [1.82, 2.24) is 4.98 Å². The molecule has 0 amide bonds. The summed E-state index contributed by atoms with van der Waals surface area (Å²) in [5, 5.41) is 0. The van der Waals surface area contributed by atoms with Crippen molar-refractivity contribution in [3.8, 4) is 0 Å². The highest BCUT2D eigenvalue weighted by Gasteiger charge is 2.22. The van der Waals surface area contributed by atoms with E-state index in [4.69, 9.17) is 4.42 Å². The normalized spacial score (nSPS) is 12.6. The summed E-state index contributed by atoms with van der Waals surface area (Å²) in [6.07, 6.45) is 0. The quantitative estimate of drug-likeness (QED) is 0.825. The molecule has 24 heavy (non-hydrogen) atoms. The molecule has 0 unspecified atom stereocenters. The van der Waals surface area contributed by atoms with Gasteiger partial charge in [0.1, 0.15) is 11.5 Å². The van der Waals surface area contributed by atoms with Crippen molar-refractivity contribution in [3.05, 3.63) is 51.7 Å². The zero-order valence-corrected chi connectivity index (χ0v) is 16.5. The number of aryl methyl sites for hydroxylation is 4. The van der Waals surface area contributed by atoms with Crippen molar-refractivity contribution in [2.24, 2.45) is 0 Å². The molecule has 0 spiro atoms. The van der Waals surface area contributed by atoms with Crippen LogP contribution in [0.5, 0.6) is 0 Å². The summed E-state index contributed by atoms with van der Waals surface area (Å²) in [6.45, 7) is 14.0. The minimum absolute atomic E-state index is 0.00949. The molecule has 0 atom stereocenters. The SMILES string of the molecule is Cc1cc(C(C)(C)C)cc(C)c1CS(=O)(=O)Cc1nc(C)c(C)o1. The molecule has 2 aromatic rings. The molecular weight excluding hydrogens is 322 g/mol. The van der Waals surface area contributed by atoms with Crippen molar-refractivity contribution in [1.29, 1.82) is 0 Å². The maximum atomic E-state index is 12.6. The first kappa shape index (κ1) is 18.7. The Labute approximate surface area is 145 Å². The summed E-state index contributed by atoms with van der Waals surface area (Å²) >= 11 is 0. The van der Waals surface area contributed by atoms with Gasteiger partial charge in [0.05, 0.1) is 11.4 Å². The van der Waals surface area contributed by atoms with E-state index in [1.807, 2.05) is 20.8 Å². The molecule has 0 aliphatic heterocycles. The predicted molar refractivity (Wildman–Crippen MR) is 96.9 cm³/mol. The third-order valence-electron chi connectivity index (χ3n) is 4.34. The van der Waals surface area contributed by atoms with E-state index < -0.39 is 9.84 Å². The fraction of sp³-hybridized carbons (Fsp3) is 0.526. The monoisotopic (exact) mass is 349 g/mol. The summed E-state index contributed by atoms with van der Waals surface area (Å²) in [5.41, 5.74) is 4.91. The van der Waals surface area contributed by atoms with Gasteiger partial charge in [-0.3, -0.25) is 0 Å². The molecule has 4 nitrogen and oxygen atoms in total. The van der Waals surface area contributed by atoms with Crippen LogP contribution in [0, 0.1) is 27.7 Å². The van der Waals surface area contributed by atoms with Gasteiger partial charge in [-0.25, -0.2) is 13.4 Å². The lowest BCUT2D eigenvalue weighted by Crippen LogP contribution is -2.14. The summed E-state index contributed by atoms with van der Waals surface area (Å²) in [6, 6.07) is 4.19. The standard InChI is InChI=1S/C19H27NO3S/c1-12-8-16(19(5,6)7)9-13(2)17(12)10-24(21,22)11-18-20-14(3)15(4)23-18/h8-9H,10-11H2,1-7H3. The van der Waals surface area contributed by atoms with Gasteiger partial charge in [-0.15, -0.1) is 0 Å².